The number of fused-ring (bicyclic) bond motifs is 1. The Balaban J connectivity index is 0.000000213. The van der Waals surface area contributed by atoms with Crippen LogP contribution in [0.4, 0.5) is 10.5 Å². The van der Waals surface area contributed by atoms with Crippen LogP contribution in [0.2, 0.25) is 0 Å². The maximum absolute atomic E-state index is 8.78. The molecule has 0 radical (unpaired) electrons. The highest BCUT2D eigenvalue weighted by Crippen LogP contribution is 2.19. The maximum Gasteiger partial charge on any atom is 0.402 e. The third-order valence-corrected chi connectivity index (χ3v) is 1.96. The average Bonchev–Trinajstić information content (AvgIpc) is 2.17. The minimum Gasteiger partial charge on any atom is -0.465 e. The number of carbonyl (C=O) groups is 1. The topological polar surface area (TPSA) is 75.4 Å². The number of hydrogen-bond donors (Lipinski definition) is 3. The third kappa shape index (κ3) is 3.35. The monoisotopic (exact) mass is 194 g/mol. The quantitative estimate of drug-likeness (QED) is 0.588. The van der Waals surface area contributed by atoms with Crippen LogP contribution >= 0.6 is 0 Å². The van der Waals surface area contributed by atoms with Gasteiger partial charge in [0.15, 0.2) is 0 Å². The Bertz CT molecular complexity index is 284. The summed E-state index contributed by atoms with van der Waals surface area (Å²) in [5.74, 6) is 0. The van der Waals surface area contributed by atoms with E-state index in [1.165, 1.54) is 24.1 Å². The molecule has 0 spiro atoms. The summed E-state index contributed by atoms with van der Waals surface area (Å²) < 4.78 is 0. The van der Waals surface area contributed by atoms with E-state index in [2.05, 4.69) is 35.3 Å². The van der Waals surface area contributed by atoms with E-state index in [-0.39, 0.29) is 0 Å². The Morgan fingerprint density at radius 3 is 2.71 bits per heavy atom. The SMILES string of the molecule is NC(=O)O.c1ccc2c(c1)CCCN2. The molecule has 0 saturated heterocycles. The minimum absolute atomic E-state index is 1.14. The molecule has 0 unspecified atom stereocenters. The molecule has 0 aliphatic carbocycles. The third-order valence-electron chi connectivity index (χ3n) is 1.96. The van der Waals surface area contributed by atoms with Gasteiger partial charge < -0.3 is 16.2 Å². The first-order valence-corrected chi connectivity index (χ1v) is 4.50. The molecule has 0 fully saturated rings. The van der Waals surface area contributed by atoms with Crippen molar-refractivity contribution in [2.45, 2.75) is 12.8 Å². The van der Waals surface area contributed by atoms with Crippen molar-refractivity contribution in [3.63, 3.8) is 0 Å². The molecule has 0 bridgehead atoms. The fraction of sp³-hybridized carbons (Fsp3) is 0.300. The Hall–Kier alpha value is -1.71. The van der Waals surface area contributed by atoms with E-state index in [0.29, 0.717) is 0 Å². The standard InChI is InChI=1S/C9H11N.CH3NO2/c1-2-6-9-8(4-1)5-3-7-10-9;2-1(3)4/h1-2,4,6,10H,3,5,7H2;2H2,(H,3,4). The molecule has 76 valence electrons. The number of para-hydroxylation sites is 1. The van der Waals surface area contributed by atoms with Crippen LogP contribution in [-0.2, 0) is 6.42 Å². The molecule has 4 nitrogen and oxygen atoms in total. The van der Waals surface area contributed by atoms with E-state index in [4.69, 9.17) is 9.90 Å². The molecule has 2 rings (SSSR count). The summed E-state index contributed by atoms with van der Waals surface area (Å²) in [5, 5.41) is 10.6. The van der Waals surface area contributed by atoms with Gasteiger partial charge in [0.05, 0.1) is 0 Å². The Morgan fingerprint density at radius 1 is 1.43 bits per heavy atom. The molecule has 4 N–H and O–H groups in total. The first-order chi connectivity index (χ1) is 6.70. The van der Waals surface area contributed by atoms with Gasteiger partial charge in [0.25, 0.3) is 0 Å². The zero-order chi connectivity index (χ0) is 10.4. The molecule has 0 saturated carbocycles. The van der Waals surface area contributed by atoms with Gasteiger partial charge in [0.2, 0.25) is 0 Å². The number of hydrogen-bond acceptors (Lipinski definition) is 2. The van der Waals surface area contributed by atoms with E-state index in [9.17, 15) is 0 Å². The van der Waals surface area contributed by atoms with E-state index in [1.54, 1.807) is 0 Å². The van der Waals surface area contributed by atoms with Crippen molar-refractivity contribution in [1.82, 2.24) is 0 Å². The number of anilines is 1. The second kappa shape index (κ2) is 5.11. The maximum atomic E-state index is 8.78. The first kappa shape index (κ1) is 10.4. The number of nitrogens with two attached hydrogens (primary N) is 1. The van der Waals surface area contributed by atoms with Crippen molar-refractivity contribution in [3.05, 3.63) is 29.8 Å². The van der Waals surface area contributed by atoms with Gasteiger partial charge in [-0.2, -0.15) is 0 Å². The molecular formula is C10H14N2O2. The largest absolute Gasteiger partial charge is 0.465 e. The Morgan fingerprint density at radius 2 is 2.07 bits per heavy atom. The van der Waals surface area contributed by atoms with Gasteiger partial charge in [-0.05, 0) is 24.5 Å². The lowest BCUT2D eigenvalue weighted by Gasteiger charge is -2.16. The number of carboxylic acid groups (broad SMARTS) is 1. The summed E-state index contributed by atoms with van der Waals surface area (Å²) in [7, 11) is 0. The highest BCUT2D eigenvalue weighted by atomic mass is 16.4. The van der Waals surface area contributed by atoms with Crippen LogP contribution in [0.15, 0.2) is 24.3 Å². The summed E-state index contributed by atoms with van der Waals surface area (Å²) in [5.41, 5.74) is 6.82. The second-order valence-electron chi connectivity index (χ2n) is 3.03. The molecule has 1 heterocycles. The molecular weight excluding hydrogens is 180 g/mol. The Labute approximate surface area is 82.7 Å². The van der Waals surface area contributed by atoms with Gasteiger partial charge in [0.1, 0.15) is 0 Å². The van der Waals surface area contributed by atoms with Gasteiger partial charge in [-0.3, -0.25) is 0 Å². The van der Waals surface area contributed by atoms with Crippen LogP contribution in [0.3, 0.4) is 0 Å². The van der Waals surface area contributed by atoms with Crippen molar-refractivity contribution in [1.29, 1.82) is 0 Å². The van der Waals surface area contributed by atoms with Crippen LogP contribution in [0.5, 0.6) is 0 Å². The highest BCUT2D eigenvalue weighted by molar-refractivity contribution is 5.61. The summed E-state index contributed by atoms with van der Waals surface area (Å²) in [6, 6.07) is 8.53. The number of benzene rings is 1. The van der Waals surface area contributed by atoms with Crippen molar-refractivity contribution >= 4 is 11.8 Å². The van der Waals surface area contributed by atoms with Gasteiger partial charge in [-0.1, -0.05) is 18.2 Å². The van der Waals surface area contributed by atoms with E-state index in [1.807, 2.05) is 0 Å². The minimum atomic E-state index is -1.33. The number of rotatable bonds is 0. The molecule has 1 aliphatic rings. The zero-order valence-corrected chi connectivity index (χ0v) is 7.86. The highest BCUT2D eigenvalue weighted by Gasteiger charge is 2.04. The first-order valence-electron chi connectivity index (χ1n) is 4.50. The lowest BCUT2D eigenvalue weighted by molar-refractivity contribution is 0.205. The van der Waals surface area contributed by atoms with Crippen molar-refractivity contribution in [2.24, 2.45) is 5.73 Å². The van der Waals surface area contributed by atoms with Crippen molar-refractivity contribution in [2.75, 3.05) is 11.9 Å². The van der Waals surface area contributed by atoms with E-state index < -0.39 is 6.09 Å². The van der Waals surface area contributed by atoms with Gasteiger partial charge in [-0.15, -0.1) is 0 Å². The molecule has 1 amide bonds. The van der Waals surface area contributed by atoms with Crippen LogP contribution in [0, 0.1) is 0 Å². The number of nitrogens with one attached hydrogen (secondary N) is 1. The normalized spacial score (nSPS) is 12.9. The van der Waals surface area contributed by atoms with E-state index in [0.717, 1.165) is 6.54 Å². The lowest BCUT2D eigenvalue weighted by atomic mass is 10.0. The smallest absolute Gasteiger partial charge is 0.402 e. The summed E-state index contributed by atoms with van der Waals surface area (Å²) in [6.45, 7) is 1.14. The van der Waals surface area contributed by atoms with Crippen LogP contribution < -0.4 is 11.1 Å². The second-order valence-corrected chi connectivity index (χ2v) is 3.03. The zero-order valence-electron chi connectivity index (χ0n) is 7.86. The fourth-order valence-corrected chi connectivity index (χ4v) is 1.41. The number of amides is 1. The predicted molar refractivity (Wildman–Crippen MR) is 55.5 cm³/mol. The van der Waals surface area contributed by atoms with Crippen LogP contribution in [0.25, 0.3) is 0 Å². The van der Waals surface area contributed by atoms with Gasteiger partial charge in [-0.25, -0.2) is 4.79 Å². The fourth-order valence-electron chi connectivity index (χ4n) is 1.41. The molecule has 1 aliphatic heterocycles. The Kier molecular flexibility index (Phi) is 3.79. The van der Waals surface area contributed by atoms with Crippen molar-refractivity contribution in [3.8, 4) is 0 Å². The average molecular weight is 194 g/mol. The van der Waals surface area contributed by atoms with Gasteiger partial charge >= 0.3 is 6.09 Å². The van der Waals surface area contributed by atoms with E-state index >= 15 is 0 Å². The molecule has 0 aromatic heterocycles. The lowest BCUT2D eigenvalue weighted by Crippen LogP contribution is -2.10. The van der Waals surface area contributed by atoms with Crippen LogP contribution in [-0.4, -0.2) is 17.7 Å². The summed E-state index contributed by atoms with van der Waals surface area (Å²) in [4.78, 5) is 8.78. The van der Waals surface area contributed by atoms with Gasteiger partial charge in [0, 0.05) is 12.2 Å². The molecule has 4 heteroatoms. The molecule has 14 heavy (non-hydrogen) atoms. The van der Waals surface area contributed by atoms with Crippen LogP contribution in [0.1, 0.15) is 12.0 Å². The molecule has 1 aromatic rings. The summed E-state index contributed by atoms with van der Waals surface area (Å²) in [6.07, 6.45) is 1.18. The number of aryl methyl sites for hydroxylation is 1. The molecule has 0 atom stereocenters. The predicted octanol–water partition coefficient (Wildman–Crippen LogP) is 1.67. The number of primary amides is 1. The molecule has 1 aromatic carbocycles. The summed E-state index contributed by atoms with van der Waals surface area (Å²) >= 11 is 0. The van der Waals surface area contributed by atoms with Crippen molar-refractivity contribution < 1.29 is 9.90 Å².